The fourth-order valence-corrected chi connectivity index (χ4v) is 2.63. The van der Waals surface area contributed by atoms with E-state index >= 15 is 0 Å². The molecule has 1 amide bonds. The zero-order valence-corrected chi connectivity index (χ0v) is 15.0. The molecule has 2 N–H and O–H groups in total. The summed E-state index contributed by atoms with van der Waals surface area (Å²) in [5.74, 6) is -1.88. The monoisotopic (exact) mass is 397 g/mol. The zero-order valence-electron chi connectivity index (χ0n) is 15.0. The van der Waals surface area contributed by atoms with Crippen molar-refractivity contribution in [3.63, 3.8) is 0 Å². The minimum Gasteiger partial charge on any atom is -0.479 e. The number of carbonyl (C=O) groups excluding carboxylic acids is 1. The van der Waals surface area contributed by atoms with Crippen LogP contribution in [0.1, 0.15) is 17.2 Å². The number of halogens is 1. The summed E-state index contributed by atoms with van der Waals surface area (Å²) in [5, 5.41) is 11.8. The molecule has 0 aliphatic carbocycles. The normalized spacial score (nSPS) is 11.5. The van der Waals surface area contributed by atoms with Crippen molar-refractivity contribution in [2.75, 3.05) is 5.32 Å². The molecular formula is C20H16FN3O5. The van der Waals surface area contributed by atoms with Gasteiger partial charge in [-0.25, -0.2) is 19.0 Å². The molecule has 2 aromatic carbocycles. The molecule has 0 spiro atoms. The highest BCUT2D eigenvalue weighted by molar-refractivity contribution is 5.84. The molecule has 0 fully saturated rings. The number of rotatable bonds is 6. The van der Waals surface area contributed by atoms with E-state index in [1.165, 1.54) is 12.1 Å². The van der Waals surface area contributed by atoms with E-state index in [0.717, 1.165) is 34.8 Å². The number of carboxylic acids is 1. The van der Waals surface area contributed by atoms with Gasteiger partial charge in [0.05, 0.1) is 12.5 Å². The van der Waals surface area contributed by atoms with Crippen LogP contribution in [-0.4, -0.2) is 26.7 Å². The van der Waals surface area contributed by atoms with Gasteiger partial charge in [-0.15, -0.1) is 0 Å². The molecule has 0 aliphatic rings. The lowest BCUT2D eigenvalue weighted by molar-refractivity contribution is -0.139. The summed E-state index contributed by atoms with van der Waals surface area (Å²) in [6.45, 7) is -0.00550. The van der Waals surface area contributed by atoms with Gasteiger partial charge in [-0.3, -0.25) is 14.7 Å². The van der Waals surface area contributed by atoms with Crippen molar-refractivity contribution < 1.29 is 23.8 Å². The molecule has 0 radical (unpaired) electrons. The van der Waals surface area contributed by atoms with E-state index < -0.39 is 29.5 Å². The number of hydrogen-bond donors (Lipinski definition) is 2. The van der Waals surface area contributed by atoms with E-state index in [0.29, 0.717) is 0 Å². The Labute approximate surface area is 164 Å². The summed E-state index contributed by atoms with van der Waals surface area (Å²) in [7, 11) is 0. The smallest absolute Gasteiger partial charge is 0.412 e. The van der Waals surface area contributed by atoms with Gasteiger partial charge in [-0.2, -0.15) is 0 Å². The van der Waals surface area contributed by atoms with Gasteiger partial charge < -0.3 is 9.84 Å². The van der Waals surface area contributed by atoms with E-state index in [1.807, 2.05) is 6.07 Å². The predicted octanol–water partition coefficient (Wildman–Crippen LogP) is 2.81. The molecule has 1 aromatic heterocycles. The summed E-state index contributed by atoms with van der Waals surface area (Å²) in [5.41, 5.74) is -0.118. The molecule has 1 unspecified atom stereocenters. The number of amides is 1. The Balaban J connectivity index is 1.80. The number of nitrogens with zero attached hydrogens (tertiary/aromatic N) is 2. The molecule has 9 heteroatoms. The largest absolute Gasteiger partial charge is 0.479 e. The van der Waals surface area contributed by atoms with Gasteiger partial charge in [0, 0.05) is 0 Å². The van der Waals surface area contributed by atoms with Crippen LogP contribution in [0.4, 0.5) is 14.9 Å². The highest BCUT2D eigenvalue weighted by Gasteiger charge is 2.24. The Morgan fingerprint density at radius 3 is 2.48 bits per heavy atom. The van der Waals surface area contributed by atoms with Crippen LogP contribution in [0.2, 0.25) is 0 Å². The average Bonchev–Trinajstić information content (AvgIpc) is 2.71. The van der Waals surface area contributed by atoms with Crippen LogP contribution in [0.25, 0.3) is 0 Å². The first-order valence-corrected chi connectivity index (χ1v) is 8.48. The van der Waals surface area contributed by atoms with Gasteiger partial charge in [0.15, 0.2) is 6.04 Å². The van der Waals surface area contributed by atoms with Gasteiger partial charge in [-0.1, -0.05) is 42.5 Å². The lowest BCUT2D eigenvalue weighted by Gasteiger charge is -2.16. The second kappa shape index (κ2) is 8.79. The first kappa shape index (κ1) is 19.7. The number of hydrogen-bond acceptors (Lipinski definition) is 5. The SMILES string of the molecule is O=C(Nc1cncn(C(C(=O)O)c2ccc(F)cc2)c1=O)OCc1ccccc1. The molecule has 29 heavy (non-hydrogen) atoms. The Morgan fingerprint density at radius 2 is 1.83 bits per heavy atom. The van der Waals surface area contributed by atoms with E-state index in [4.69, 9.17) is 4.74 Å². The third-order valence-corrected chi connectivity index (χ3v) is 4.01. The van der Waals surface area contributed by atoms with Crippen molar-refractivity contribution >= 4 is 17.7 Å². The molecule has 0 aliphatic heterocycles. The molecule has 1 atom stereocenters. The zero-order chi connectivity index (χ0) is 20.8. The van der Waals surface area contributed by atoms with Crippen LogP contribution in [0, 0.1) is 5.82 Å². The van der Waals surface area contributed by atoms with Gasteiger partial charge in [0.2, 0.25) is 0 Å². The van der Waals surface area contributed by atoms with E-state index in [1.54, 1.807) is 24.3 Å². The van der Waals surface area contributed by atoms with Crippen LogP contribution < -0.4 is 10.9 Å². The molecule has 1 heterocycles. The van der Waals surface area contributed by atoms with Gasteiger partial charge in [-0.05, 0) is 23.3 Å². The summed E-state index contributed by atoms with van der Waals surface area (Å²) in [6.07, 6.45) is 1.23. The van der Waals surface area contributed by atoms with Gasteiger partial charge in [0.25, 0.3) is 5.56 Å². The van der Waals surface area contributed by atoms with E-state index in [-0.39, 0.29) is 17.9 Å². The molecule has 3 aromatic rings. The van der Waals surface area contributed by atoms with Crippen LogP contribution >= 0.6 is 0 Å². The van der Waals surface area contributed by atoms with E-state index in [9.17, 15) is 23.9 Å². The number of ether oxygens (including phenoxy) is 1. The number of nitrogens with one attached hydrogen (secondary N) is 1. The third-order valence-electron chi connectivity index (χ3n) is 4.01. The number of benzene rings is 2. The minimum absolute atomic E-state index is 0.00550. The fraction of sp³-hybridized carbons (Fsp3) is 0.100. The molecule has 148 valence electrons. The van der Waals surface area contributed by atoms with Crippen molar-refractivity contribution in [1.82, 2.24) is 9.55 Å². The van der Waals surface area contributed by atoms with Crippen LogP contribution in [0.5, 0.6) is 0 Å². The lowest BCUT2D eigenvalue weighted by Crippen LogP contribution is -2.33. The second-order valence-corrected chi connectivity index (χ2v) is 6.00. The van der Waals surface area contributed by atoms with Crippen LogP contribution in [-0.2, 0) is 16.1 Å². The maximum atomic E-state index is 13.1. The predicted molar refractivity (Wildman–Crippen MR) is 101 cm³/mol. The second-order valence-electron chi connectivity index (χ2n) is 6.00. The van der Waals surface area contributed by atoms with Crippen LogP contribution in [0.3, 0.4) is 0 Å². The topological polar surface area (TPSA) is 111 Å². The number of carboxylic acid groups (broad SMARTS) is 1. The molecule has 0 saturated carbocycles. The summed E-state index contributed by atoms with van der Waals surface area (Å²) in [4.78, 5) is 40.2. The maximum Gasteiger partial charge on any atom is 0.412 e. The highest BCUT2D eigenvalue weighted by Crippen LogP contribution is 2.18. The highest BCUT2D eigenvalue weighted by atomic mass is 19.1. The Bertz CT molecular complexity index is 1070. The Hall–Kier alpha value is -4.01. The summed E-state index contributed by atoms with van der Waals surface area (Å²) < 4.78 is 19.0. The van der Waals surface area contributed by atoms with Crippen molar-refractivity contribution in [3.8, 4) is 0 Å². The molecular weight excluding hydrogens is 381 g/mol. The minimum atomic E-state index is -1.45. The third kappa shape index (κ3) is 4.83. The number of aliphatic carboxylic acids is 1. The molecule has 0 saturated heterocycles. The van der Waals surface area contributed by atoms with Gasteiger partial charge in [0.1, 0.15) is 18.1 Å². The standard InChI is InChI=1S/C20H16FN3O5/c21-15-8-6-14(7-9-15)17(19(26)27)24-12-22-10-16(18(24)25)23-20(28)29-11-13-4-2-1-3-5-13/h1-10,12,17H,11H2,(H,23,28)(H,26,27). The summed E-state index contributed by atoms with van der Waals surface area (Å²) >= 11 is 0. The van der Waals surface area contributed by atoms with Crippen molar-refractivity contribution in [1.29, 1.82) is 0 Å². The fourth-order valence-electron chi connectivity index (χ4n) is 2.63. The Morgan fingerprint density at radius 1 is 1.14 bits per heavy atom. The van der Waals surface area contributed by atoms with E-state index in [2.05, 4.69) is 10.3 Å². The van der Waals surface area contributed by atoms with Crippen molar-refractivity contribution in [2.24, 2.45) is 0 Å². The first-order valence-electron chi connectivity index (χ1n) is 8.48. The number of anilines is 1. The van der Waals surface area contributed by atoms with Crippen molar-refractivity contribution in [3.05, 3.63) is 94.4 Å². The van der Waals surface area contributed by atoms with Crippen molar-refractivity contribution in [2.45, 2.75) is 12.6 Å². The molecule has 8 nitrogen and oxygen atoms in total. The number of aromatic nitrogens is 2. The molecule has 0 bridgehead atoms. The van der Waals surface area contributed by atoms with Crippen LogP contribution in [0.15, 0.2) is 71.9 Å². The average molecular weight is 397 g/mol. The quantitative estimate of drug-likeness (QED) is 0.662. The lowest BCUT2D eigenvalue weighted by atomic mass is 10.1. The number of carbonyl (C=O) groups is 2. The molecule has 3 rings (SSSR count). The first-order chi connectivity index (χ1) is 14.0. The maximum absolute atomic E-state index is 13.1. The Kier molecular flexibility index (Phi) is 5.98. The summed E-state index contributed by atoms with van der Waals surface area (Å²) in [6, 6.07) is 12.2. The van der Waals surface area contributed by atoms with Gasteiger partial charge >= 0.3 is 12.1 Å².